The van der Waals surface area contributed by atoms with Crippen molar-refractivity contribution in [3.05, 3.63) is 54.6 Å². The largest absolute Gasteiger partial charge is 0.493 e. The number of ether oxygens (including phenoxy) is 2. The Balaban J connectivity index is 1.55. The van der Waals surface area contributed by atoms with Crippen molar-refractivity contribution < 1.29 is 14.3 Å². The maximum atomic E-state index is 11.8. The summed E-state index contributed by atoms with van der Waals surface area (Å²) in [5, 5.41) is 2.92. The molecule has 0 saturated carbocycles. The fourth-order valence-electron chi connectivity index (χ4n) is 2.09. The van der Waals surface area contributed by atoms with Crippen LogP contribution in [0.4, 0.5) is 0 Å². The SMILES string of the molecule is COc1ccccc1OCCC(=O)NCCCSc1ccccc1. The fourth-order valence-corrected chi connectivity index (χ4v) is 2.96. The molecule has 1 N–H and O–H groups in total. The van der Waals surface area contributed by atoms with E-state index in [1.807, 2.05) is 42.5 Å². The van der Waals surface area contributed by atoms with Crippen molar-refractivity contribution in [3.63, 3.8) is 0 Å². The zero-order chi connectivity index (χ0) is 17.0. The molecular formula is C19H23NO3S. The van der Waals surface area contributed by atoms with E-state index in [-0.39, 0.29) is 5.91 Å². The predicted molar refractivity (Wildman–Crippen MR) is 97.9 cm³/mol. The van der Waals surface area contributed by atoms with Gasteiger partial charge in [-0.1, -0.05) is 30.3 Å². The van der Waals surface area contributed by atoms with Crippen LogP contribution in [0.1, 0.15) is 12.8 Å². The minimum absolute atomic E-state index is 0.00890. The van der Waals surface area contributed by atoms with Crippen LogP contribution in [0.3, 0.4) is 0 Å². The minimum Gasteiger partial charge on any atom is -0.493 e. The van der Waals surface area contributed by atoms with Crippen LogP contribution in [-0.4, -0.2) is 31.9 Å². The second kappa shape index (κ2) is 10.6. The van der Waals surface area contributed by atoms with E-state index in [1.54, 1.807) is 18.9 Å². The van der Waals surface area contributed by atoms with Gasteiger partial charge in [0.15, 0.2) is 11.5 Å². The number of carbonyl (C=O) groups excluding carboxylic acids is 1. The number of para-hydroxylation sites is 2. The molecule has 2 rings (SSSR count). The third-order valence-electron chi connectivity index (χ3n) is 3.31. The lowest BCUT2D eigenvalue weighted by Crippen LogP contribution is -2.26. The van der Waals surface area contributed by atoms with Gasteiger partial charge in [-0.2, -0.15) is 0 Å². The molecule has 0 heterocycles. The first-order chi connectivity index (χ1) is 11.8. The molecule has 24 heavy (non-hydrogen) atoms. The zero-order valence-corrected chi connectivity index (χ0v) is 14.7. The maximum absolute atomic E-state index is 11.8. The van der Waals surface area contributed by atoms with E-state index < -0.39 is 0 Å². The molecule has 2 aromatic rings. The van der Waals surface area contributed by atoms with E-state index in [0.717, 1.165) is 12.2 Å². The average Bonchev–Trinajstić information content (AvgIpc) is 2.63. The number of rotatable bonds is 10. The molecule has 0 radical (unpaired) electrons. The summed E-state index contributed by atoms with van der Waals surface area (Å²) in [7, 11) is 1.60. The zero-order valence-electron chi connectivity index (χ0n) is 13.9. The van der Waals surface area contributed by atoms with Gasteiger partial charge in [0.25, 0.3) is 0 Å². The molecule has 0 unspecified atom stereocenters. The molecule has 0 aromatic heterocycles. The number of hydrogen-bond acceptors (Lipinski definition) is 4. The van der Waals surface area contributed by atoms with Crippen LogP contribution in [0, 0.1) is 0 Å². The molecule has 0 spiro atoms. The monoisotopic (exact) mass is 345 g/mol. The lowest BCUT2D eigenvalue weighted by Gasteiger charge is -2.10. The quantitative estimate of drug-likeness (QED) is 0.526. The van der Waals surface area contributed by atoms with Gasteiger partial charge in [-0.25, -0.2) is 0 Å². The molecule has 2 aromatic carbocycles. The molecule has 0 aliphatic carbocycles. The standard InChI is InChI=1S/C19H23NO3S/c1-22-17-10-5-6-11-18(17)23-14-12-19(21)20-13-7-15-24-16-8-3-2-4-9-16/h2-6,8-11H,7,12-15H2,1H3,(H,20,21). The van der Waals surface area contributed by atoms with E-state index in [9.17, 15) is 4.79 Å². The van der Waals surface area contributed by atoms with Crippen molar-refractivity contribution >= 4 is 17.7 Å². The number of methoxy groups -OCH3 is 1. The summed E-state index contributed by atoms with van der Waals surface area (Å²) in [5.74, 6) is 2.33. The number of benzene rings is 2. The molecule has 0 bridgehead atoms. The van der Waals surface area contributed by atoms with Crippen molar-refractivity contribution in [2.45, 2.75) is 17.7 Å². The number of amides is 1. The molecule has 0 saturated heterocycles. The molecule has 0 aliphatic rings. The van der Waals surface area contributed by atoms with Crippen LogP contribution in [0.25, 0.3) is 0 Å². The molecule has 5 heteroatoms. The average molecular weight is 345 g/mol. The second-order valence-electron chi connectivity index (χ2n) is 5.11. The fraction of sp³-hybridized carbons (Fsp3) is 0.316. The predicted octanol–water partition coefficient (Wildman–Crippen LogP) is 3.76. The topological polar surface area (TPSA) is 47.6 Å². The number of hydrogen-bond donors (Lipinski definition) is 1. The summed E-state index contributed by atoms with van der Waals surface area (Å²) in [5.41, 5.74) is 0. The van der Waals surface area contributed by atoms with Crippen LogP contribution < -0.4 is 14.8 Å². The Morgan fingerprint density at radius 3 is 2.50 bits per heavy atom. The number of nitrogens with one attached hydrogen (secondary N) is 1. The number of carbonyl (C=O) groups is 1. The van der Waals surface area contributed by atoms with Crippen LogP contribution in [0.5, 0.6) is 11.5 Å². The van der Waals surface area contributed by atoms with E-state index in [2.05, 4.69) is 17.4 Å². The summed E-state index contributed by atoms with van der Waals surface area (Å²) in [6.07, 6.45) is 1.28. The highest BCUT2D eigenvalue weighted by Crippen LogP contribution is 2.25. The van der Waals surface area contributed by atoms with E-state index in [4.69, 9.17) is 9.47 Å². The van der Waals surface area contributed by atoms with Gasteiger partial charge < -0.3 is 14.8 Å². The van der Waals surface area contributed by atoms with E-state index in [1.165, 1.54) is 4.90 Å². The molecule has 0 fully saturated rings. The molecule has 4 nitrogen and oxygen atoms in total. The van der Waals surface area contributed by atoms with Crippen LogP contribution in [0.15, 0.2) is 59.5 Å². The minimum atomic E-state index is 0.00890. The van der Waals surface area contributed by atoms with Crippen molar-refractivity contribution in [1.82, 2.24) is 5.32 Å². The van der Waals surface area contributed by atoms with Crippen molar-refractivity contribution in [2.75, 3.05) is 26.0 Å². The normalized spacial score (nSPS) is 10.2. The summed E-state index contributed by atoms with van der Waals surface area (Å²) in [6, 6.07) is 17.7. The first kappa shape index (κ1) is 18.2. The summed E-state index contributed by atoms with van der Waals surface area (Å²) >= 11 is 1.80. The number of thioether (sulfide) groups is 1. The Hall–Kier alpha value is -2.14. The van der Waals surface area contributed by atoms with Crippen LogP contribution in [-0.2, 0) is 4.79 Å². The van der Waals surface area contributed by atoms with Gasteiger partial charge in [0.1, 0.15) is 0 Å². The first-order valence-electron chi connectivity index (χ1n) is 8.00. The van der Waals surface area contributed by atoms with E-state index >= 15 is 0 Å². The van der Waals surface area contributed by atoms with Gasteiger partial charge in [0, 0.05) is 11.4 Å². The van der Waals surface area contributed by atoms with Crippen LogP contribution >= 0.6 is 11.8 Å². The Kier molecular flexibility index (Phi) is 8.04. The first-order valence-corrected chi connectivity index (χ1v) is 8.98. The Morgan fingerprint density at radius 2 is 1.75 bits per heavy atom. The highest BCUT2D eigenvalue weighted by molar-refractivity contribution is 7.99. The smallest absolute Gasteiger partial charge is 0.223 e. The third-order valence-corrected chi connectivity index (χ3v) is 4.41. The Bertz CT molecular complexity index is 619. The maximum Gasteiger partial charge on any atom is 0.223 e. The van der Waals surface area contributed by atoms with Gasteiger partial charge >= 0.3 is 0 Å². The Morgan fingerprint density at radius 1 is 1.04 bits per heavy atom. The highest BCUT2D eigenvalue weighted by atomic mass is 32.2. The van der Waals surface area contributed by atoms with Gasteiger partial charge in [-0.15, -0.1) is 11.8 Å². The van der Waals surface area contributed by atoms with Gasteiger partial charge in [-0.05, 0) is 36.4 Å². The van der Waals surface area contributed by atoms with E-state index in [0.29, 0.717) is 31.1 Å². The molecule has 0 atom stereocenters. The van der Waals surface area contributed by atoms with Crippen molar-refractivity contribution in [2.24, 2.45) is 0 Å². The van der Waals surface area contributed by atoms with Gasteiger partial charge in [0.2, 0.25) is 5.91 Å². The Labute approximate surface area is 147 Å². The molecule has 128 valence electrons. The summed E-state index contributed by atoms with van der Waals surface area (Å²) in [6.45, 7) is 1.03. The van der Waals surface area contributed by atoms with Crippen molar-refractivity contribution in [1.29, 1.82) is 0 Å². The summed E-state index contributed by atoms with van der Waals surface area (Å²) < 4.78 is 10.8. The lowest BCUT2D eigenvalue weighted by atomic mass is 10.3. The molecule has 0 aliphatic heterocycles. The van der Waals surface area contributed by atoms with Gasteiger partial charge in [0.05, 0.1) is 20.1 Å². The van der Waals surface area contributed by atoms with Crippen molar-refractivity contribution in [3.8, 4) is 11.5 Å². The van der Waals surface area contributed by atoms with Crippen LogP contribution in [0.2, 0.25) is 0 Å². The lowest BCUT2D eigenvalue weighted by molar-refractivity contribution is -0.121. The van der Waals surface area contributed by atoms with Gasteiger partial charge in [-0.3, -0.25) is 4.79 Å². The molecule has 1 amide bonds. The summed E-state index contributed by atoms with van der Waals surface area (Å²) in [4.78, 5) is 13.1. The second-order valence-corrected chi connectivity index (χ2v) is 6.28. The molecular weight excluding hydrogens is 322 g/mol. The third kappa shape index (κ3) is 6.54. The highest BCUT2D eigenvalue weighted by Gasteiger charge is 2.05.